The molecule has 0 aliphatic heterocycles. The van der Waals surface area contributed by atoms with Crippen molar-refractivity contribution in [1.29, 1.82) is 0 Å². The first kappa shape index (κ1) is 12.3. The van der Waals surface area contributed by atoms with Gasteiger partial charge in [-0.15, -0.1) is 0 Å². The summed E-state index contributed by atoms with van der Waals surface area (Å²) in [4.78, 5) is 10.9. The predicted molar refractivity (Wildman–Crippen MR) is 60.2 cm³/mol. The van der Waals surface area contributed by atoms with E-state index >= 15 is 0 Å². The Hall–Kier alpha value is -0.810. The molecule has 0 amide bonds. The molecule has 0 radical (unpaired) electrons. The van der Waals surface area contributed by atoms with Crippen LogP contribution in [0.3, 0.4) is 0 Å². The molecule has 2 nitrogen and oxygen atoms in total. The highest BCUT2D eigenvalue weighted by atomic mass is 16.3. The number of rotatable bonds is 0. The van der Waals surface area contributed by atoms with Gasteiger partial charge in [0.1, 0.15) is 5.60 Å². The average Bonchev–Trinajstić information content (AvgIpc) is 2.11. The lowest BCUT2D eigenvalue weighted by Gasteiger charge is -2.47. The fourth-order valence-corrected chi connectivity index (χ4v) is 2.39. The van der Waals surface area contributed by atoms with Gasteiger partial charge in [0, 0.05) is 12.3 Å². The van der Waals surface area contributed by atoms with Gasteiger partial charge in [-0.3, -0.25) is 4.79 Å². The molecular weight excluding hydrogens is 188 g/mol. The molecule has 1 aliphatic carbocycles. The average molecular weight is 208 g/mol. The number of ketones is 1. The summed E-state index contributed by atoms with van der Waals surface area (Å²) in [5.41, 5.74) is -1.25. The minimum atomic E-state index is -1.02. The van der Waals surface area contributed by atoms with Crippen LogP contribution in [-0.2, 0) is 4.79 Å². The number of hydrogen-bond donors (Lipinski definition) is 1. The summed E-state index contributed by atoms with van der Waals surface area (Å²) >= 11 is 0. The van der Waals surface area contributed by atoms with E-state index < -0.39 is 5.60 Å². The number of carbonyl (C=O) groups is 1. The Morgan fingerprint density at radius 3 is 2.53 bits per heavy atom. The molecule has 2 atom stereocenters. The lowest BCUT2D eigenvalue weighted by Crippen LogP contribution is -2.51. The van der Waals surface area contributed by atoms with Crippen molar-refractivity contribution in [3.8, 4) is 11.8 Å². The second-order valence-corrected chi connectivity index (χ2v) is 5.25. The van der Waals surface area contributed by atoms with Gasteiger partial charge in [0.15, 0.2) is 0 Å². The first-order valence-corrected chi connectivity index (χ1v) is 5.56. The van der Waals surface area contributed by atoms with Crippen molar-refractivity contribution in [3.05, 3.63) is 0 Å². The zero-order chi connectivity index (χ0) is 11.7. The molecule has 0 bridgehead atoms. The smallest absolute Gasteiger partial charge is 0.202 e. The molecule has 84 valence electrons. The van der Waals surface area contributed by atoms with Gasteiger partial charge in [-0.25, -0.2) is 0 Å². The highest BCUT2D eigenvalue weighted by Gasteiger charge is 2.48. The van der Waals surface area contributed by atoms with Crippen LogP contribution in [-0.4, -0.2) is 16.5 Å². The molecule has 0 spiro atoms. The number of hydrogen-bond acceptors (Lipinski definition) is 2. The van der Waals surface area contributed by atoms with E-state index in [1.54, 1.807) is 0 Å². The molecule has 0 aromatic carbocycles. The largest absolute Gasteiger partial charge is 0.377 e. The topological polar surface area (TPSA) is 37.3 Å². The van der Waals surface area contributed by atoms with E-state index in [9.17, 15) is 9.90 Å². The predicted octanol–water partition coefficient (Wildman–Crippen LogP) is 2.16. The Bertz CT molecular complexity index is 319. The van der Waals surface area contributed by atoms with E-state index in [1.165, 1.54) is 6.92 Å². The summed E-state index contributed by atoms with van der Waals surface area (Å²) in [5, 5.41) is 10.6. The van der Waals surface area contributed by atoms with Crippen molar-refractivity contribution in [2.45, 2.75) is 52.6 Å². The first-order valence-electron chi connectivity index (χ1n) is 5.56. The number of aliphatic hydroxyl groups is 1. The van der Waals surface area contributed by atoms with E-state index in [1.807, 2.05) is 20.8 Å². The summed E-state index contributed by atoms with van der Waals surface area (Å²) in [6, 6.07) is 0. The molecule has 1 rings (SSSR count). The van der Waals surface area contributed by atoms with Gasteiger partial charge < -0.3 is 5.11 Å². The summed E-state index contributed by atoms with van der Waals surface area (Å²) in [6.07, 6.45) is 3.06. The maximum absolute atomic E-state index is 10.9. The zero-order valence-electron chi connectivity index (χ0n) is 10.1. The Kier molecular flexibility index (Phi) is 3.25. The molecule has 0 saturated heterocycles. The summed E-state index contributed by atoms with van der Waals surface area (Å²) in [5.74, 6) is 5.25. The fourth-order valence-electron chi connectivity index (χ4n) is 2.39. The first-order chi connectivity index (χ1) is 6.79. The molecule has 1 N–H and O–H groups in total. The Morgan fingerprint density at radius 1 is 1.47 bits per heavy atom. The standard InChI is InChI=1S/C13H20O2/c1-10-6-5-8-12(3,4)13(10,15)9-7-11(2)14/h10,15H,5-6,8H2,1-4H3. The Morgan fingerprint density at radius 2 is 2.07 bits per heavy atom. The second kappa shape index (κ2) is 3.98. The van der Waals surface area contributed by atoms with Gasteiger partial charge in [-0.1, -0.05) is 33.1 Å². The third kappa shape index (κ3) is 2.23. The molecule has 0 aromatic heterocycles. The number of carbonyl (C=O) groups excluding carboxylic acids is 1. The van der Waals surface area contributed by atoms with E-state index in [0.29, 0.717) is 0 Å². The van der Waals surface area contributed by atoms with E-state index in [2.05, 4.69) is 11.8 Å². The molecule has 0 heterocycles. The van der Waals surface area contributed by atoms with Crippen LogP contribution < -0.4 is 0 Å². The summed E-state index contributed by atoms with van der Waals surface area (Å²) < 4.78 is 0. The van der Waals surface area contributed by atoms with Crippen LogP contribution >= 0.6 is 0 Å². The van der Waals surface area contributed by atoms with Gasteiger partial charge >= 0.3 is 0 Å². The van der Waals surface area contributed by atoms with Crippen molar-refractivity contribution in [2.75, 3.05) is 0 Å². The summed E-state index contributed by atoms with van der Waals surface area (Å²) in [7, 11) is 0. The van der Waals surface area contributed by atoms with Gasteiger partial charge in [0.25, 0.3) is 0 Å². The number of Topliss-reactive ketones (excluding diaryl/α,β-unsaturated/α-hetero) is 1. The molecule has 15 heavy (non-hydrogen) atoms. The second-order valence-electron chi connectivity index (χ2n) is 5.25. The normalized spacial score (nSPS) is 34.1. The lowest BCUT2D eigenvalue weighted by atomic mass is 9.61. The van der Waals surface area contributed by atoms with Crippen molar-refractivity contribution < 1.29 is 9.90 Å². The quantitative estimate of drug-likeness (QED) is 0.489. The highest BCUT2D eigenvalue weighted by Crippen LogP contribution is 2.46. The van der Waals surface area contributed by atoms with E-state index in [4.69, 9.17) is 0 Å². The van der Waals surface area contributed by atoms with Crippen molar-refractivity contribution in [3.63, 3.8) is 0 Å². The van der Waals surface area contributed by atoms with E-state index in [0.717, 1.165) is 19.3 Å². The van der Waals surface area contributed by atoms with Gasteiger partial charge in [-0.05, 0) is 24.7 Å². The molecule has 0 aromatic rings. The molecule has 1 aliphatic rings. The zero-order valence-corrected chi connectivity index (χ0v) is 10.1. The van der Waals surface area contributed by atoms with Crippen LogP contribution in [0.5, 0.6) is 0 Å². The van der Waals surface area contributed by atoms with Crippen LogP contribution in [0.4, 0.5) is 0 Å². The molecule has 2 unspecified atom stereocenters. The van der Waals surface area contributed by atoms with Gasteiger partial charge in [-0.2, -0.15) is 0 Å². The lowest BCUT2D eigenvalue weighted by molar-refractivity contribution is -0.112. The van der Waals surface area contributed by atoms with Crippen molar-refractivity contribution >= 4 is 5.78 Å². The maximum atomic E-state index is 10.9. The molecule has 2 heteroatoms. The minimum absolute atomic E-state index is 0.132. The third-order valence-electron chi connectivity index (χ3n) is 3.61. The molecule has 1 fully saturated rings. The Labute approximate surface area is 92.1 Å². The molecule has 1 saturated carbocycles. The van der Waals surface area contributed by atoms with Crippen molar-refractivity contribution in [1.82, 2.24) is 0 Å². The van der Waals surface area contributed by atoms with Gasteiger partial charge in [0.05, 0.1) is 0 Å². The molecular formula is C13H20O2. The van der Waals surface area contributed by atoms with Crippen LogP contribution in [0.2, 0.25) is 0 Å². The van der Waals surface area contributed by atoms with Gasteiger partial charge in [0.2, 0.25) is 5.78 Å². The minimum Gasteiger partial charge on any atom is -0.377 e. The van der Waals surface area contributed by atoms with Crippen LogP contribution in [0.15, 0.2) is 0 Å². The fraction of sp³-hybridized carbons (Fsp3) is 0.769. The maximum Gasteiger partial charge on any atom is 0.202 e. The van der Waals surface area contributed by atoms with Crippen LogP contribution in [0.25, 0.3) is 0 Å². The summed E-state index contributed by atoms with van der Waals surface area (Å²) in [6.45, 7) is 7.49. The highest BCUT2D eigenvalue weighted by molar-refractivity contribution is 5.93. The van der Waals surface area contributed by atoms with Crippen LogP contribution in [0.1, 0.15) is 47.0 Å². The monoisotopic (exact) mass is 208 g/mol. The third-order valence-corrected chi connectivity index (χ3v) is 3.61. The van der Waals surface area contributed by atoms with Crippen LogP contribution in [0, 0.1) is 23.2 Å². The Balaban J connectivity index is 3.05. The van der Waals surface area contributed by atoms with Crippen molar-refractivity contribution in [2.24, 2.45) is 11.3 Å². The SMILES string of the molecule is CC(=O)C#CC1(O)C(C)CCCC1(C)C. The van der Waals surface area contributed by atoms with E-state index in [-0.39, 0.29) is 17.1 Å².